The highest BCUT2D eigenvalue weighted by atomic mass is 16.3. The van der Waals surface area contributed by atoms with Crippen molar-refractivity contribution in [3.63, 3.8) is 0 Å². The molecular weight excluding hydrogens is 322 g/mol. The van der Waals surface area contributed by atoms with Crippen molar-refractivity contribution in [3.05, 3.63) is 65.5 Å². The van der Waals surface area contributed by atoms with Crippen LogP contribution >= 0.6 is 0 Å². The molecule has 2 aromatic carbocycles. The first-order chi connectivity index (χ1) is 12.7. The van der Waals surface area contributed by atoms with Gasteiger partial charge in [-0.3, -0.25) is 4.99 Å². The largest absolute Gasteiger partial charge is 0.390 e. The van der Waals surface area contributed by atoms with Crippen molar-refractivity contribution in [2.24, 2.45) is 4.99 Å². The molecule has 0 bridgehead atoms. The standard InChI is InChI=1S/C22H25N3O/c1-4-5-14-25(22(16-26)17(2)24-3)20-12-10-18(11-13-20)21-9-7-6-8-19(21)15-23/h6-13,26H,3-5,14,16H2,1-2H3/b22-17-. The average Bonchev–Trinajstić information content (AvgIpc) is 2.70. The molecule has 0 saturated heterocycles. The molecule has 0 heterocycles. The summed E-state index contributed by atoms with van der Waals surface area (Å²) in [6.07, 6.45) is 2.07. The highest BCUT2D eigenvalue weighted by Gasteiger charge is 2.14. The molecule has 0 spiro atoms. The molecule has 0 aliphatic carbocycles. The topological polar surface area (TPSA) is 59.6 Å². The van der Waals surface area contributed by atoms with Crippen molar-refractivity contribution < 1.29 is 5.11 Å². The third-order valence-corrected chi connectivity index (χ3v) is 4.40. The third-order valence-electron chi connectivity index (χ3n) is 4.40. The van der Waals surface area contributed by atoms with E-state index >= 15 is 0 Å². The quantitative estimate of drug-likeness (QED) is 0.701. The van der Waals surface area contributed by atoms with Crippen LogP contribution in [0.15, 0.2) is 64.9 Å². The molecule has 1 N–H and O–H groups in total. The number of benzene rings is 2. The van der Waals surface area contributed by atoms with E-state index in [1.165, 1.54) is 0 Å². The maximum Gasteiger partial charge on any atom is 0.0998 e. The van der Waals surface area contributed by atoms with E-state index < -0.39 is 0 Å². The molecule has 0 amide bonds. The molecule has 0 radical (unpaired) electrons. The second-order valence-corrected chi connectivity index (χ2v) is 6.06. The van der Waals surface area contributed by atoms with Gasteiger partial charge in [-0.15, -0.1) is 0 Å². The van der Waals surface area contributed by atoms with Gasteiger partial charge in [0.05, 0.1) is 29.6 Å². The Morgan fingerprint density at radius 2 is 1.88 bits per heavy atom. The van der Waals surface area contributed by atoms with E-state index in [0.29, 0.717) is 5.56 Å². The van der Waals surface area contributed by atoms with Crippen LogP contribution < -0.4 is 4.90 Å². The minimum atomic E-state index is -0.0897. The predicted molar refractivity (Wildman–Crippen MR) is 108 cm³/mol. The number of nitrogens with zero attached hydrogens (tertiary/aromatic N) is 3. The molecule has 0 aliphatic heterocycles. The molecule has 0 unspecified atom stereocenters. The summed E-state index contributed by atoms with van der Waals surface area (Å²) < 4.78 is 0. The van der Waals surface area contributed by atoms with E-state index in [-0.39, 0.29) is 6.61 Å². The van der Waals surface area contributed by atoms with E-state index in [1.807, 2.05) is 55.5 Å². The Bertz CT molecular complexity index is 816. The van der Waals surface area contributed by atoms with Gasteiger partial charge in [0.2, 0.25) is 0 Å². The molecule has 26 heavy (non-hydrogen) atoms. The van der Waals surface area contributed by atoms with Crippen molar-refractivity contribution in [2.45, 2.75) is 26.7 Å². The van der Waals surface area contributed by atoms with Crippen LogP contribution in [0.4, 0.5) is 5.69 Å². The third kappa shape index (κ3) is 4.38. The highest BCUT2D eigenvalue weighted by Crippen LogP contribution is 2.28. The zero-order valence-electron chi connectivity index (χ0n) is 15.4. The Kier molecular flexibility index (Phi) is 7.13. The van der Waals surface area contributed by atoms with E-state index in [4.69, 9.17) is 0 Å². The molecule has 0 aromatic heterocycles. The fourth-order valence-electron chi connectivity index (χ4n) is 2.88. The molecule has 4 heteroatoms. The molecule has 2 rings (SSSR count). The monoisotopic (exact) mass is 347 g/mol. The van der Waals surface area contributed by atoms with Crippen LogP contribution in [0.5, 0.6) is 0 Å². The summed E-state index contributed by atoms with van der Waals surface area (Å²) in [4.78, 5) is 6.08. The maximum absolute atomic E-state index is 9.84. The summed E-state index contributed by atoms with van der Waals surface area (Å²) >= 11 is 0. The highest BCUT2D eigenvalue weighted by molar-refractivity contribution is 5.72. The van der Waals surface area contributed by atoms with Crippen LogP contribution in [0.1, 0.15) is 32.3 Å². The fraction of sp³-hybridized carbons (Fsp3) is 0.273. The average molecular weight is 347 g/mol. The SMILES string of the molecule is C=N/C(C)=C(/CO)N(CCCC)c1ccc(-c2ccccc2C#N)cc1. The number of aliphatic hydroxyl groups excluding tert-OH is 1. The molecule has 0 atom stereocenters. The molecule has 2 aromatic rings. The summed E-state index contributed by atoms with van der Waals surface area (Å²) in [5.74, 6) is 0. The molecule has 4 nitrogen and oxygen atoms in total. The lowest BCUT2D eigenvalue weighted by atomic mass is 10.00. The predicted octanol–water partition coefficient (Wildman–Crippen LogP) is 4.76. The lowest BCUT2D eigenvalue weighted by Crippen LogP contribution is -2.26. The number of anilines is 1. The first-order valence-electron chi connectivity index (χ1n) is 8.80. The van der Waals surface area contributed by atoms with Gasteiger partial charge in [-0.25, -0.2) is 0 Å². The zero-order valence-corrected chi connectivity index (χ0v) is 15.4. The van der Waals surface area contributed by atoms with Gasteiger partial charge >= 0.3 is 0 Å². The zero-order chi connectivity index (χ0) is 18.9. The number of aliphatic hydroxyl groups is 1. The molecule has 0 saturated carbocycles. The normalized spacial score (nSPS) is 11.5. The summed E-state index contributed by atoms with van der Waals surface area (Å²) in [7, 11) is 0. The Morgan fingerprint density at radius 3 is 2.46 bits per heavy atom. The molecule has 134 valence electrons. The number of aliphatic imine (C=N–C) groups is 1. The number of hydrogen-bond donors (Lipinski definition) is 1. The van der Waals surface area contributed by atoms with Gasteiger partial charge in [0.25, 0.3) is 0 Å². The van der Waals surface area contributed by atoms with Crippen molar-refractivity contribution in [1.29, 1.82) is 5.26 Å². The number of nitriles is 1. The Hall–Kier alpha value is -2.90. The summed E-state index contributed by atoms with van der Waals surface area (Å²) in [5, 5.41) is 19.1. The van der Waals surface area contributed by atoms with Gasteiger partial charge in [-0.05, 0) is 49.4 Å². The van der Waals surface area contributed by atoms with Crippen LogP contribution in [-0.4, -0.2) is 25.0 Å². The van der Waals surface area contributed by atoms with Gasteiger partial charge in [0.15, 0.2) is 0 Å². The second kappa shape index (κ2) is 9.55. The first-order valence-corrected chi connectivity index (χ1v) is 8.80. The summed E-state index contributed by atoms with van der Waals surface area (Å²) in [6, 6.07) is 17.9. The van der Waals surface area contributed by atoms with Gasteiger partial charge in [0, 0.05) is 12.2 Å². The Labute approximate surface area is 155 Å². The van der Waals surface area contributed by atoms with Gasteiger partial charge in [-0.2, -0.15) is 5.26 Å². The number of hydrogen-bond acceptors (Lipinski definition) is 4. The lowest BCUT2D eigenvalue weighted by molar-refractivity contribution is 0.325. The van der Waals surface area contributed by atoms with Gasteiger partial charge in [-0.1, -0.05) is 43.7 Å². The van der Waals surface area contributed by atoms with Crippen LogP contribution in [0.25, 0.3) is 11.1 Å². The minimum absolute atomic E-state index is 0.0897. The van der Waals surface area contributed by atoms with Crippen molar-refractivity contribution >= 4 is 12.4 Å². The Morgan fingerprint density at radius 1 is 1.19 bits per heavy atom. The van der Waals surface area contributed by atoms with Crippen LogP contribution in [-0.2, 0) is 0 Å². The van der Waals surface area contributed by atoms with E-state index in [0.717, 1.165) is 47.6 Å². The second-order valence-electron chi connectivity index (χ2n) is 6.06. The summed E-state index contributed by atoms with van der Waals surface area (Å²) in [6.45, 7) is 8.29. The first kappa shape index (κ1) is 19.4. The van der Waals surface area contributed by atoms with Crippen LogP contribution in [0, 0.1) is 11.3 Å². The van der Waals surface area contributed by atoms with Crippen LogP contribution in [0.2, 0.25) is 0 Å². The molecule has 0 aliphatic rings. The number of rotatable bonds is 8. The smallest absolute Gasteiger partial charge is 0.0998 e. The lowest BCUT2D eigenvalue weighted by Gasteiger charge is -2.27. The van der Waals surface area contributed by atoms with E-state index in [2.05, 4.69) is 29.6 Å². The number of allylic oxidation sites excluding steroid dienone is 1. The van der Waals surface area contributed by atoms with Crippen molar-refractivity contribution in [2.75, 3.05) is 18.1 Å². The molecular formula is C22H25N3O. The van der Waals surface area contributed by atoms with E-state index in [9.17, 15) is 10.4 Å². The summed E-state index contributed by atoms with van der Waals surface area (Å²) in [5.41, 5.74) is 5.05. The Balaban J connectivity index is 2.42. The van der Waals surface area contributed by atoms with Crippen molar-refractivity contribution in [1.82, 2.24) is 0 Å². The number of unbranched alkanes of at least 4 members (excludes halogenated alkanes) is 1. The van der Waals surface area contributed by atoms with Crippen LogP contribution in [0.3, 0.4) is 0 Å². The molecule has 0 fully saturated rings. The minimum Gasteiger partial charge on any atom is -0.390 e. The van der Waals surface area contributed by atoms with Gasteiger partial charge in [0.1, 0.15) is 0 Å². The maximum atomic E-state index is 9.84. The van der Waals surface area contributed by atoms with Crippen molar-refractivity contribution in [3.8, 4) is 17.2 Å². The fourth-order valence-corrected chi connectivity index (χ4v) is 2.88. The van der Waals surface area contributed by atoms with E-state index in [1.54, 1.807) is 0 Å². The van der Waals surface area contributed by atoms with Gasteiger partial charge < -0.3 is 10.0 Å².